The first-order valence-corrected chi connectivity index (χ1v) is 11.9. The lowest BCUT2D eigenvalue weighted by Gasteiger charge is -2.32. The van der Waals surface area contributed by atoms with Crippen LogP contribution in [0.1, 0.15) is 61.0 Å². The maximum Gasteiger partial charge on any atom is 0.254 e. The summed E-state index contributed by atoms with van der Waals surface area (Å²) >= 11 is 0. The first-order valence-electron chi connectivity index (χ1n) is 10.5. The number of hydrogen-bond acceptors (Lipinski definition) is 3. The highest BCUT2D eigenvalue weighted by Gasteiger charge is 2.33. The summed E-state index contributed by atoms with van der Waals surface area (Å²) < 4.78 is 27.9. The van der Waals surface area contributed by atoms with E-state index in [1.54, 1.807) is 28.6 Å². The molecule has 1 amide bonds. The molecule has 2 saturated heterocycles. The fourth-order valence-corrected chi connectivity index (χ4v) is 6.30. The fourth-order valence-electron chi connectivity index (χ4n) is 4.55. The number of amides is 1. The third-order valence-corrected chi connectivity index (χ3v) is 8.14. The Kier molecular flexibility index (Phi) is 5.74. The van der Waals surface area contributed by atoms with Gasteiger partial charge in [-0.2, -0.15) is 4.31 Å². The van der Waals surface area contributed by atoms with Gasteiger partial charge in [-0.05, 0) is 56.4 Å². The molecule has 2 aromatic rings. The van der Waals surface area contributed by atoms with Gasteiger partial charge in [0.1, 0.15) is 0 Å². The van der Waals surface area contributed by atoms with Crippen molar-refractivity contribution in [2.24, 2.45) is 0 Å². The number of piperidine rings is 1. The van der Waals surface area contributed by atoms with Crippen LogP contribution in [0.5, 0.6) is 0 Å². The van der Waals surface area contributed by atoms with Gasteiger partial charge >= 0.3 is 0 Å². The Morgan fingerprint density at radius 2 is 1.72 bits per heavy atom. The summed E-state index contributed by atoms with van der Waals surface area (Å²) in [5.74, 6) is -0.0971. The Morgan fingerprint density at radius 1 is 0.931 bits per heavy atom. The first-order chi connectivity index (χ1) is 14.0. The van der Waals surface area contributed by atoms with Crippen LogP contribution < -0.4 is 0 Å². The maximum atomic E-state index is 13.3. The smallest absolute Gasteiger partial charge is 0.254 e. The fraction of sp³-hybridized carbons (Fsp3) is 0.435. The van der Waals surface area contributed by atoms with Gasteiger partial charge in [0.05, 0.1) is 10.9 Å². The van der Waals surface area contributed by atoms with Crippen LogP contribution in [-0.4, -0.2) is 42.7 Å². The molecular formula is C23H28N2O3S. The predicted octanol–water partition coefficient (Wildman–Crippen LogP) is 4.23. The summed E-state index contributed by atoms with van der Waals surface area (Å²) in [6, 6.07) is 16.7. The SMILES string of the molecule is CC1CCCCN1S(=O)(=O)c1cccc(C(=O)N2CCCC2c2ccccc2)c1. The number of benzene rings is 2. The van der Waals surface area contributed by atoms with Gasteiger partial charge in [-0.1, -0.05) is 42.8 Å². The number of carbonyl (C=O) groups is 1. The number of carbonyl (C=O) groups excluding carboxylic acids is 1. The molecule has 2 fully saturated rings. The zero-order valence-corrected chi connectivity index (χ0v) is 17.6. The van der Waals surface area contributed by atoms with Gasteiger partial charge in [0.25, 0.3) is 5.91 Å². The topological polar surface area (TPSA) is 57.7 Å². The zero-order valence-electron chi connectivity index (χ0n) is 16.8. The average molecular weight is 413 g/mol. The molecule has 154 valence electrons. The second-order valence-electron chi connectivity index (χ2n) is 8.06. The molecule has 2 heterocycles. The van der Waals surface area contributed by atoms with E-state index >= 15 is 0 Å². The largest absolute Gasteiger partial charge is 0.332 e. The molecule has 0 spiro atoms. The number of nitrogens with zero attached hydrogens (tertiary/aromatic N) is 2. The highest BCUT2D eigenvalue weighted by molar-refractivity contribution is 7.89. The van der Waals surface area contributed by atoms with Crippen molar-refractivity contribution in [2.75, 3.05) is 13.1 Å². The third kappa shape index (κ3) is 3.96. The second kappa shape index (κ2) is 8.28. The second-order valence-corrected chi connectivity index (χ2v) is 9.95. The first kappa shape index (κ1) is 20.1. The van der Waals surface area contributed by atoms with Crippen molar-refractivity contribution < 1.29 is 13.2 Å². The van der Waals surface area contributed by atoms with Crippen LogP contribution in [0.4, 0.5) is 0 Å². The molecule has 29 heavy (non-hydrogen) atoms. The summed E-state index contributed by atoms with van der Waals surface area (Å²) in [7, 11) is -3.59. The summed E-state index contributed by atoms with van der Waals surface area (Å²) in [6.07, 6.45) is 4.70. The van der Waals surface area contributed by atoms with Crippen LogP contribution in [0.25, 0.3) is 0 Å². The molecule has 4 rings (SSSR count). The number of sulfonamides is 1. The van der Waals surface area contributed by atoms with Crippen LogP contribution in [0.3, 0.4) is 0 Å². The van der Waals surface area contributed by atoms with E-state index in [1.807, 2.05) is 30.0 Å². The maximum absolute atomic E-state index is 13.3. The average Bonchev–Trinajstić information content (AvgIpc) is 3.24. The van der Waals surface area contributed by atoms with Crippen molar-refractivity contribution >= 4 is 15.9 Å². The van der Waals surface area contributed by atoms with Crippen LogP contribution in [-0.2, 0) is 10.0 Å². The Morgan fingerprint density at radius 3 is 2.48 bits per heavy atom. The Labute approximate surface area is 173 Å². The molecular weight excluding hydrogens is 384 g/mol. The van der Waals surface area contributed by atoms with E-state index in [9.17, 15) is 13.2 Å². The van der Waals surface area contributed by atoms with Crippen molar-refractivity contribution in [3.8, 4) is 0 Å². The summed E-state index contributed by atoms with van der Waals surface area (Å²) in [6.45, 7) is 3.20. The molecule has 0 radical (unpaired) electrons. The van der Waals surface area contributed by atoms with Gasteiger partial charge in [0.2, 0.25) is 10.0 Å². The standard InChI is InChI=1S/C23H28N2O3S/c1-18-9-5-6-16-25(18)29(27,28)21-13-7-12-20(17-21)23(26)24-15-8-14-22(24)19-10-3-2-4-11-19/h2-4,7,10-13,17-18,22H,5-6,8-9,14-16H2,1H3. The van der Waals surface area contributed by atoms with Crippen LogP contribution in [0, 0.1) is 0 Å². The lowest BCUT2D eigenvalue weighted by atomic mass is 10.0. The summed E-state index contributed by atoms with van der Waals surface area (Å²) in [5.41, 5.74) is 1.57. The van der Waals surface area contributed by atoms with E-state index in [1.165, 1.54) is 0 Å². The van der Waals surface area contributed by atoms with Gasteiger partial charge in [-0.3, -0.25) is 4.79 Å². The van der Waals surface area contributed by atoms with Crippen molar-refractivity contribution in [2.45, 2.75) is 56.0 Å². The number of hydrogen-bond donors (Lipinski definition) is 0. The molecule has 0 aromatic heterocycles. The lowest BCUT2D eigenvalue weighted by molar-refractivity contribution is 0.0735. The van der Waals surface area contributed by atoms with E-state index < -0.39 is 10.0 Å². The van der Waals surface area contributed by atoms with Gasteiger partial charge in [0, 0.05) is 24.7 Å². The minimum Gasteiger partial charge on any atom is -0.332 e. The zero-order chi connectivity index (χ0) is 20.4. The molecule has 2 aliphatic heterocycles. The lowest BCUT2D eigenvalue weighted by Crippen LogP contribution is -2.42. The minimum absolute atomic E-state index is 0.00542. The molecule has 0 N–H and O–H groups in total. The predicted molar refractivity (Wildman–Crippen MR) is 113 cm³/mol. The Bertz CT molecular complexity index is 975. The van der Waals surface area contributed by atoms with E-state index in [4.69, 9.17) is 0 Å². The molecule has 2 aliphatic rings. The Balaban J connectivity index is 1.61. The highest BCUT2D eigenvalue weighted by atomic mass is 32.2. The third-order valence-electron chi connectivity index (χ3n) is 6.13. The molecule has 2 aromatic carbocycles. The van der Waals surface area contributed by atoms with Gasteiger partial charge < -0.3 is 4.90 Å². The van der Waals surface area contributed by atoms with Crippen LogP contribution in [0.15, 0.2) is 59.5 Å². The van der Waals surface area contributed by atoms with Crippen molar-refractivity contribution in [3.63, 3.8) is 0 Å². The molecule has 5 nitrogen and oxygen atoms in total. The monoisotopic (exact) mass is 412 g/mol. The summed E-state index contributed by atoms with van der Waals surface area (Å²) in [4.78, 5) is 15.4. The molecule has 2 atom stereocenters. The quantitative estimate of drug-likeness (QED) is 0.755. The van der Waals surface area contributed by atoms with E-state index in [2.05, 4.69) is 12.1 Å². The van der Waals surface area contributed by atoms with Gasteiger partial charge in [-0.25, -0.2) is 8.42 Å². The van der Waals surface area contributed by atoms with Crippen molar-refractivity contribution in [1.82, 2.24) is 9.21 Å². The van der Waals surface area contributed by atoms with Crippen molar-refractivity contribution in [1.29, 1.82) is 0 Å². The molecule has 0 saturated carbocycles. The van der Waals surface area contributed by atoms with E-state index in [0.717, 1.165) is 37.7 Å². The molecule has 2 unspecified atom stereocenters. The van der Waals surface area contributed by atoms with Crippen LogP contribution >= 0.6 is 0 Å². The molecule has 0 bridgehead atoms. The van der Waals surface area contributed by atoms with Gasteiger partial charge in [0.15, 0.2) is 0 Å². The normalized spacial score (nSPS) is 23.3. The van der Waals surface area contributed by atoms with Crippen molar-refractivity contribution in [3.05, 3.63) is 65.7 Å². The van der Waals surface area contributed by atoms with E-state index in [0.29, 0.717) is 18.7 Å². The Hall–Kier alpha value is -2.18. The van der Waals surface area contributed by atoms with E-state index in [-0.39, 0.29) is 22.9 Å². The number of likely N-dealkylation sites (tertiary alicyclic amines) is 1. The molecule has 6 heteroatoms. The van der Waals surface area contributed by atoms with Gasteiger partial charge in [-0.15, -0.1) is 0 Å². The van der Waals surface area contributed by atoms with Crippen LogP contribution in [0.2, 0.25) is 0 Å². The number of rotatable bonds is 4. The highest BCUT2D eigenvalue weighted by Crippen LogP contribution is 2.33. The molecule has 0 aliphatic carbocycles. The summed E-state index contributed by atoms with van der Waals surface area (Å²) in [5, 5.41) is 0. The minimum atomic E-state index is -3.59.